The number of rotatable bonds is 5. The fraction of sp³-hybridized carbons (Fsp3) is 0.278. The fourth-order valence-electron chi connectivity index (χ4n) is 2.80. The first-order valence-corrected chi connectivity index (χ1v) is 8.26. The van der Waals surface area contributed by atoms with Gasteiger partial charge in [0, 0.05) is 36.9 Å². The number of carbonyl (C=O) groups is 1. The summed E-state index contributed by atoms with van der Waals surface area (Å²) in [6.45, 7) is 3.34. The van der Waals surface area contributed by atoms with Gasteiger partial charge >= 0.3 is 0 Å². The van der Waals surface area contributed by atoms with E-state index < -0.39 is 0 Å². The van der Waals surface area contributed by atoms with Crippen molar-refractivity contribution >= 4 is 23.2 Å². The Bertz CT molecular complexity index is 716. The number of halogens is 1. The molecule has 0 spiro atoms. The summed E-state index contributed by atoms with van der Waals surface area (Å²) in [6, 6.07) is 13.2. The number of aromatic hydroxyl groups is 1. The molecule has 2 aromatic rings. The van der Waals surface area contributed by atoms with E-state index in [1.165, 1.54) is 6.07 Å². The van der Waals surface area contributed by atoms with Gasteiger partial charge in [0.2, 0.25) is 5.91 Å². The van der Waals surface area contributed by atoms with Gasteiger partial charge < -0.3 is 15.7 Å². The minimum Gasteiger partial charge on any atom is -0.508 e. The van der Waals surface area contributed by atoms with Crippen LogP contribution >= 0.6 is 11.6 Å². The topological polar surface area (TPSA) is 64.6 Å². The molecule has 2 aromatic carbocycles. The van der Waals surface area contributed by atoms with Crippen molar-refractivity contribution in [2.45, 2.75) is 13.1 Å². The highest BCUT2D eigenvalue weighted by molar-refractivity contribution is 6.30. The van der Waals surface area contributed by atoms with Crippen molar-refractivity contribution in [3.63, 3.8) is 0 Å². The molecule has 1 fully saturated rings. The zero-order chi connectivity index (χ0) is 16.9. The number of amides is 1. The van der Waals surface area contributed by atoms with Crippen molar-refractivity contribution in [2.75, 3.05) is 25.0 Å². The van der Waals surface area contributed by atoms with Crippen molar-refractivity contribution in [1.82, 2.24) is 10.2 Å². The lowest BCUT2D eigenvalue weighted by molar-refractivity contribution is -0.124. The number of hydrogen-bond donors (Lipinski definition) is 3. The maximum Gasteiger partial charge on any atom is 0.234 e. The van der Waals surface area contributed by atoms with Crippen LogP contribution in [0.1, 0.15) is 11.1 Å². The summed E-state index contributed by atoms with van der Waals surface area (Å²) < 4.78 is 0. The molecule has 0 unspecified atom stereocenters. The quantitative estimate of drug-likeness (QED) is 0.779. The molecule has 6 heteroatoms. The second-order valence-corrected chi connectivity index (χ2v) is 6.37. The van der Waals surface area contributed by atoms with Crippen LogP contribution in [0.4, 0.5) is 5.69 Å². The Hall–Kier alpha value is -2.24. The van der Waals surface area contributed by atoms with Crippen molar-refractivity contribution < 1.29 is 9.90 Å². The Labute approximate surface area is 146 Å². The Morgan fingerprint density at radius 3 is 2.88 bits per heavy atom. The van der Waals surface area contributed by atoms with Crippen LogP contribution in [0.2, 0.25) is 5.02 Å². The van der Waals surface area contributed by atoms with Crippen LogP contribution in [0, 0.1) is 0 Å². The van der Waals surface area contributed by atoms with E-state index in [0.717, 1.165) is 29.9 Å². The number of carbonyl (C=O) groups excluding carboxylic acids is 1. The molecule has 1 heterocycles. The van der Waals surface area contributed by atoms with Crippen LogP contribution in [0.25, 0.3) is 0 Å². The van der Waals surface area contributed by atoms with Crippen LogP contribution < -0.4 is 10.6 Å². The first-order chi connectivity index (χ1) is 11.6. The average Bonchev–Trinajstić information content (AvgIpc) is 2.52. The predicted molar refractivity (Wildman–Crippen MR) is 95.2 cm³/mol. The third kappa shape index (κ3) is 4.63. The molecule has 5 nitrogen and oxygen atoms in total. The number of phenols is 1. The normalized spacial score (nSPS) is 15.1. The number of anilines is 1. The van der Waals surface area contributed by atoms with Gasteiger partial charge in [-0.2, -0.15) is 0 Å². The summed E-state index contributed by atoms with van der Waals surface area (Å²) in [6.07, 6.45) is 0. The van der Waals surface area contributed by atoms with Crippen LogP contribution in [0.15, 0.2) is 42.5 Å². The number of phenolic OH excluding ortho intramolecular Hbond substituents is 1. The van der Waals surface area contributed by atoms with E-state index in [1.54, 1.807) is 6.07 Å². The third-order valence-corrected chi connectivity index (χ3v) is 4.11. The molecule has 0 aromatic heterocycles. The molecule has 0 bridgehead atoms. The zero-order valence-corrected chi connectivity index (χ0v) is 14.0. The molecular weight excluding hydrogens is 326 g/mol. The lowest BCUT2D eigenvalue weighted by Gasteiger charge is -2.26. The molecule has 1 amide bonds. The highest BCUT2D eigenvalue weighted by Gasteiger charge is 2.15. The van der Waals surface area contributed by atoms with Gasteiger partial charge in [0.15, 0.2) is 0 Å². The highest BCUT2D eigenvalue weighted by Crippen LogP contribution is 2.21. The molecule has 24 heavy (non-hydrogen) atoms. The van der Waals surface area contributed by atoms with Gasteiger partial charge in [-0.25, -0.2) is 0 Å². The Balaban J connectivity index is 1.61. The second kappa shape index (κ2) is 7.55. The van der Waals surface area contributed by atoms with Gasteiger partial charge in [0.25, 0.3) is 0 Å². The van der Waals surface area contributed by atoms with Crippen molar-refractivity contribution in [2.24, 2.45) is 0 Å². The first-order valence-electron chi connectivity index (χ1n) is 7.89. The van der Waals surface area contributed by atoms with E-state index in [0.29, 0.717) is 24.7 Å². The van der Waals surface area contributed by atoms with E-state index in [4.69, 9.17) is 11.6 Å². The molecule has 1 aliphatic heterocycles. The number of piperazine rings is 1. The maximum atomic E-state index is 11.4. The summed E-state index contributed by atoms with van der Waals surface area (Å²) >= 11 is 5.95. The monoisotopic (exact) mass is 345 g/mol. The lowest BCUT2D eigenvalue weighted by atomic mass is 10.1. The lowest BCUT2D eigenvalue weighted by Crippen LogP contribution is -2.47. The van der Waals surface area contributed by atoms with E-state index in [9.17, 15) is 9.90 Å². The molecule has 1 aliphatic rings. The molecular formula is C18H20ClN3O2. The number of nitrogens with zero attached hydrogens (tertiary/aromatic N) is 1. The molecule has 0 radical (unpaired) electrons. The third-order valence-electron chi connectivity index (χ3n) is 3.89. The van der Waals surface area contributed by atoms with Gasteiger partial charge in [0.05, 0.1) is 6.54 Å². The SMILES string of the molecule is O=C1CN(Cc2cccc(NCc3cc(O)cc(Cl)c3)c2)CCN1. The predicted octanol–water partition coefficient (Wildman–Crippen LogP) is 2.59. The van der Waals surface area contributed by atoms with Gasteiger partial charge in [0.1, 0.15) is 5.75 Å². The fourth-order valence-corrected chi connectivity index (χ4v) is 3.06. The van der Waals surface area contributed by atoms with E-state index >= 15 is 0 Å². The van der Waals surface area contributed by atoms with Gasteiger partial charge in [-0.05, 0) is 41.5 Å². The molecule has 3 N–H and O–H groups in total. The molecule has 0 atom stereocenters. The largest absolute Gasteiger partial charge is 0.508 e. The second-order valence-electron chi connectivity index (χ2n) is 5.93. The Morgan fingerprint density at radius 2 is 2.08 bits per heavy atom. The number of nitrogens with one attached hydrogen (secondary N) is 2. The van der Waals surface area contributed by atoms with Crippen LogP contribution in [0.3, 0.4) is 0 Å². The summed E-state index contributed by atoms with van der Waals surface area (Å²) in [5.41, 5.74) is 3.06. The molecule has 3 rings (SSSR count). The van der Waals surface area contributed by atoms with E-state index in [-0.39, 0.29) is 11.7 Å². The molecule has 0 saturated carbocycles. The Morgan fingerprint density at radius 1 is 1.21 bits per heavy atom. The van der Waals surface area contributed by atoms with Crippen LogP contribution in [-0.4, -0.2) is 35.5 Å². The van der Waals surface area contributed by atoms with Gasteiger partial charge in [-0.15, -0.1) is 0 Å². The zero-order valence-electron chi connectivity index (χ0n) is 13.3. The highest BCUT2D eigenvalue weighted by atomic mass is 35.5. The van der Waals surface area contributed by atoms with Crippen LogP contribution in [0.5, 0.6) is 5.75 Å². The van der Waals surface area contributed by atoms with Crippen molar-refractivity contribution in [1.29, 1.82) is 0 Å². The molecule has 126 valence electrons. The van der Waals surface area contributed by atoms with E-state index in [1.807, 2.05) is 18.2 Å². The number of benzene rings is 2. The summed E-state index contributed by atoms with van der Waals surface area (Å²) in [7, 11) is 0. The summed E-state index contributed by atoms with van der Waals surface area (Å²) in [4.78, 5) is 13.6. The smallest absolute Gasteiger partial charge is 0.234 e. The Kier molecular flexibility index (Phi) is 5.23. The summed E-state index contributed by atoms with van der Waals surface area (Å²) in [5.74, 6) is 0.243. The molecule has 1 saturated heterocycles. The van der Waals surface area contributed by atoms with Crippen LogP contribution in [-0.2, 0) is 17.9 Å². The standard InChI is InChI=1S/C18H20ClN3O2/c19-15-6-14(8-17(23)9-15)10-21-16-3-1-2-13(7-16)11-22-5-4-20-18(24)12-22/h1-3,6-9,21,23H,4-5,10-12H2,(H,20,24). The summed E-state index contributed by atoms with van der Waals surface area (Å²) in [5, 5.41) is 16.3. The minimum atomic E-state index is 0.0799. The first kappa shape index (κ1) is 16.6. The van der Waals surface area contributed by atoms with Gasteiger partial charge in [-0.3, -0.25) is 9.69 Å². The minimum absolute atomic E-state index is 0.0799. The van der Waals surface area contributed by atoms with E-state index in [2.05, 4.69) is 27.7 Å². The maximum absolute atomic E-state index is 11.4. The number of hydrogen-bond acceptors (Lipinski definition) is 4. The molecule has 0 aliphatic carbocycles. The van der Waals surface area contributed by atoms with Crippen molar-refractivity contribution in [3.05, 3.63) is 58.6 Å². The van der Waals surface area contributed by atoms with Gasteiger partial charge in [-0.1, -0.05) is 23.7 Å². The van der Waals surface area contributed by atoms with Crippen molar-refractivity contribution in [3.8, 4) is 5.75 Å². The average molecular weight is 346 g/mol.